The molecule has 1 N–H and O–H groups in total. The Labute approximate surface area is 148 Å². The first-order valence-corrected chi connectivity index (χ1v) is 8.67. The number of furan rings is 1. The molecule has 2 aromatic rings. The Hall–Kier alpha value is -2.57. The van der Waals surface area contributed by atoms with Crippen molar-refractivity contribution in [2.75, 3.05) is 31.1 Å². The standard InChI is InChI=1S/C18H25N5O2/c1-13(2)17-20-14(3)10-16(21-17)22-5-7-23(8-6-22)18(24)19-11-15-4-9-25-12-15/h4,9-10,12-13H,5-8,11H2,1-3H3,(H,19,24). The number of carbonyl (C=O) groups is 1. The molecule has 0 atom stereocenters. The van der Waals surface area contributed by atoms with E-state index in [0.29, 0.717) is 25.6 Å². The molecule has 1 aliphatic heterocycles. The van der Waals surface area contributed by atoms with Gasteiger partial charge in [0.1, 0.15) is 11.6 Å². The van der Waals surface area contributed by atoms with Gasteiger partial charge in [-0.2, -0.15) is 0 Å². The van der Waals surface area contributed by atoms with Gasteiger partial charge in [0.25, 0.3) is 0 Å². The molecule has 3 rings (SSSR count). The predicted octanol–water partition coefficient (Wildman–Crippen LogP) is 2.53. The Morgan fingerprint density at radius 1 is 1.28 bits per heavy atom. The van der Waals surface area contributed by atoms with Gasteiger partial charge in [0, 0.05) is 56.0 Å². The maximum Gasteiger partial charge on any atom is 0.317 e. The van der Waals surface area contributed by atoms with Gasteiger partial charge in [-0.1, -0.05) is 13.8 Å². The summed E-state index contributed by atoms with van der Waals surface area (Å²) in [6.07, 6.45) is 3.25. The van der Waals surface area contributed by atoms with Gasteiger partial charge in [-0.15, -0.1) is 0 Å². The lowest BCUT2D eigenvalue weighted by Gasteiger charge is -2.35. The van der Waals surface area contributed by atoms with Gasteiger partial charge in [0.15, 0.2) is 0 Å². The Bertz CT molecular complexity index is 706. The number of amides is 2. The highest BCUT2D eigenvalue weighted by molar-refractivity contribution is 5.74. The molecule has 0 spiro atoms. The molecule has 2 aromatic heterocycles. The Balaban J connectivity index is 1.55. The number of piperazine rings is 1. The third-order valence-corrected chi connectivity index (χ3v) is 4.29. The van der Waals surface area contributed by atoms with Crippen LogP contribution in [0.2, 0.25) is 0 Å². The highest BCUT2D eigenvalue weighted by Crippen LogP contribution is 2.18. The zero-order valence-corrected chi connectivity index (χ0v) is 15.0. The summed E-state index contributed by atoms with van der Waals surface area (Å²) in [5.41, 5.74) is 1.94. The van der Waals surface area contributed by atoms with Gasteiger partial charge >= 0.3 is 6.03 Å². The number of hydrogen-bond acceptors (Lipinski definition) is 5. The van der Waals surface area contributed by atoms with Crippen LogP contribution in [-0.2, 0) is 6.54 Å². The molecule has 25 heavy (non-hydrogen) atoms. The van der Waals surface area contributed by atoms with E-state index < -0.39 is 0 Å². The fourth-order valence-corrected chi connectivity index (χ4v) is 2.82. The average Bonchev–Trinajstić information content (AvgIpc) is 3.13. The maximum atomic E-state index is 12.3. The number of aromatic nitrogens is 2. The minimum Gasteiger partial charge on any atom is -0.472 e. The topological polar surface area (TPSA) is 74.5 Å². The fraction of sp³-hybridized carbons (Fsp3) is 0.500. The first kappa shape index (κ1) is 17.3. The zero-order chi connectivity index (χ0) is 17.8. The van der Waals surface area contributed by atoms with Gasteiger partial charge in [-0.05, 0) is 13.0 Å². The summed E-state index contributed by atoms with van der Waals surface area (Å²) in [6.45, 7) is 9.57. The van der Waals surface area contributed by atoms with Crippen LogP contribution in [0.5, 0.6) is 0 Å². The van der Waals surface area contributed by atoms with E-state index in [1.54, 1.807) is 12.5 Å². The second-order valence-corrected chi connectivity index (χ2v) is 6.64. The molecule has 0 bridgehead atoms. The molecule has 0 unspecified atom stereocenters. The van der Waals surface area contributed by atoms with Crippen LogP contribution in [0, 0.1) is 6.92 Å². The Kier molecular flexibility index (Phi) is 5.21. The largest absolute Gasteiger partial charge is 0.472 e. The van der Waals surface area contributed by atoms with E-state index in [0.717, 1.165) is 36.0 Å². The molecule has 0 aliphatic carbocycles. The number of carbonyl (C=O) groups excluding carboxylic acids is 1. The monoisotopic (exact) mass is 343 g/mol. The van der Waals surface area contributed by atoms with Crippen molar-refractivity contribution in [1.82, 2.24) is 20.2 Å². The van der Waals surface area contributed by atoms with E-state index in [-0.39, 0.29) is 6.03 Å². The number of urea groups is 1. The fourth-order valence-electron chi connectivity index (χ4n) is 2.82. The van der Waals surface area contributed by atoms with Gasteiger partial charge in [0.05, 0.1) is 12.5 Å². The minimum absolute atomic E-state index is 0.0393. The van der Waals surface area contributed by atoms with Crippen molar-refractivity contribution in [1.29, 1.82) is 0 Å². The van der Waals surface area contributed by atoms with Gasteiger partial charge in [-0.3, -0.25) is 0 Å². The number of anilines is 1. The van der Waals surface area contributed by atoms with Crippen LogP contribution in [0.25, 0.3) is 0 Å². The van der Waals surface area contributed by atoms with Crippen LogP contribution in [0.4, 0.5) is 10.6 Å². The third-order valence-electron chi connectivity index (χ3n) is 4.29. The highest BCUT2D eigenvalue weighted by Gasteiger charge is 2.22. The van der Waals surface area contributed by atoms with Crippen molar-refractivity contribution < 1.29 is 9.21 Å². The van der Waals surface area contributed by atoms with Crippen LogP contribution < -0.4 is 10.2 Å². The summed E-state index contributed by atoms with van der Waals surface area (Å²) in [7, 11) is 0. The summed E-state index contributed by atoms with van der Waals surface area (Å²) in [5, 5.41) is 2.93. The summed E-state index contributed by atoms with van der Waals surface area (Å²) in [6, 6.07) is 3.82. The van der Waals surface area contributed by atoms with E-state index in [4.69, 9.17) is 4.42 Å². The SMILES string of the molecule is Cc1cc(N2CCN(C(=O)NCc3ccoc3)CC2)nc(C(C)C)n1. The molecule has 0 saturated carbocycles. The van der Waals surface area contributed by atoms with E-state index in [2.05, 4.69) is 34.0 Å². The van der Waals surface area contributed by atoms with Crippen molar-refractivity contribution in [3.05, 3.63) is 41.7 Å². The lowest BCUT2D eigenvalue weighted by atomic mass is 10.2. The third kappa shape index (κ3) is 4.29. The summed E-state index contributed by atoms with van der Waals surface area (Å²) in [5.74, 6) is 2.12. The quantitative estimate of drug-likeness (QED) is 0.923. The molecule has 2 amide bonds. The van der Waals surface area contributed by atoms with Crippen LogP contribution in [0.15, 0.2) is 29.1 Å². The average molecular weight is 343 g/mol. The molecular weight excluding hydrogens is 318 g/mol. The first-order valence-electron chi connectivity index (χ1n) is 8.67. The lowest BCUT2D eigenvalue weighted by Crippen LogP contribution is -2.52. The number of nitrogens with zero attached hydrogens (tertiary/aromatic N) is 4. The number of nitrogens with one attached hydrogen (secondary N) is 1. The van der Waals surface area contributed by atoms with Gasteiger partial charge in [-0.25, -0.2) is 14.8 Å². The molecule has 1 aliphatic rings. The van der Waals surface area contributed by atoms with E-state index in [1.807, 2.05) is 24.0 Å². The van der Waals surface area contributed by atoms with Crippen molar-refractivity contribution in [2.24, 2.45) is 0 Å². The first-order chi connectivity index (χ1) is 12.0. The van der Waals surface area contributed by atoms with E-state index in [9.17, 15) is 4.79 Å². The molecule has 7 nitrogen and oxygen atoms in total. The molecule has 3 heterocycles. The van der Waals surface area contributed by atoms with Gasteiger partial charge in [0.2, 0.25) is 0 Å². The second kappa shape index (κ2) is 7.55. The Morgan fingerprint density at radius 2 is 2.04 bits per heavy atom. The van der Waals surface area contributed by atoms with Crippen molar-refractivity contribution in [2.45, 2.75) is 33.2 Å². The molecule has 1 fully saturated rings. The van der Waals surface area contributed by atoms with Gasteiger partial charge < -0.3 is 19.5 Å². The van der Waals surface area contributed by atoms with Crippen molar-refractivity contribution in [3.8, 4) is 0 Å². The van der Waals surface area contributed by atoms with E-state index >= 15 is 0 Å². The molecule has 0 radical (unpaired) electrons. The summed E-state index contributed by atoms with van der Waals surface area (Å²) < 4.78 is 5.01. The maximum absolute atomic E-state index is 12.3. The summed E-state index contributed by atoms with van der Waals surface area (Å²) in [4.78, 5) is 25.5. The smallest absolute Gasteiger partial charge is 0.317 e. The highest BCUT2D eigenvalue weighted by atomic mass is 16.3. The Morgan fingerprint density at radius 3 is 2.68 bits per heavy atom. The normalized spacial score (nSPS) is 14.9. The minimum atomic E-state index is -0.0393. The zero-order valence-electron chi connectivity index (χ0n) is 15.0. The van der Waals surface area contributed by atoms with Crippen LogP contribution in [0.3, 0.4) is 0 Å². The van der Waals surface area contributed by atoms with Crippen molar-refractivity contribution in [3.63, 3.8) is 0 Å². The number of rotatable bonds is 4. The molecule has 0 aromatic carbocycles. The molecule has 134 valence electrons. The van der Waals surface area contributed by atoms with Crippen molar-refractivity contribution >= 4 is 11.8 Å². The van der Waals surface area contributed by atoms with E-state index in [1.165, 1.54) is 0 Å². The van der Waals surface area contributed by atoms with Crippen LogP contribution in [-0.4, -0.2) is 47.1 Å². The molecular formula is C18H25N5O2. The number of aryl methyl sites for hydroxylation is 1. The number of hydrogen-bond donors (Lipinski definition) is 1. The van der Waals surface area contributed by atoms with Crippen LogP contribution in [0.1, 0.15) is 36.8 Å². The van der Waals surface area contributed by atoms with Crippen LogP contribution >= 0.6 is 0 Å². The lowest BCUT2D eigenvalue weighted by molar-refractivity contribution is 0.193. The molecule has 1 saturated heterocycles. The second-order valence-electron chi connectivity index (χ2n) is 6.64. The summed E-state index contributed by atoms with van der Waals surface area (Å²) >= 11 is 0. The molecule has 7 heteroatoms. The predicted molar refractivity (Wildman–Crippen MR) is 95.6 cm³/mol.